The quantitative estimate of drug-likeness (QED) is 0.237. The van der Waals surface area contributed by atoms with Crippen molar-refractivity contribution in [1.29, 1.82) is 0 Å². The topological polar surface area (TPSA) is 48.9 Å². The van der Waals surface area contributed by atoms with E-state index in [1.165, 1.54) is 16.8 Å². The van der Waals surface area contributed by atoms with Gasteiger partial charge in [0.2, 0.25) is 0 Å². The van der Waals surface area contributed by atoms with Crippen molar-refractivity contribution < 1.29 is 4.74 Å². The molecule has 0 aliphatic rings. The van der Waals surface area contributed by atoms with Crippen LogP contribution in [0.25, 0.3) is 0 Å². The van der Waals surface area contributed by atoms with Gasteiger partial charge in [-0.2, -0.15) is 0 Å². The van der Waals surface area contributed by atoms with Crippen molar-refractivity contribution in [3.05, 3.63) is 65.7 Å². The second kappa shape index (κ2) is 13.4. The van der Waals surface area contributed by atoms with Gasteiger partial charge in [0.15, 0.2) is 5.96 Å². The van der Waals surface area contributed by atoms with Gasteiger partial charge in [0.05, 0.1) is 6.10 Å². The molecule has 0 aliphatic carbocycles. The van der Waals surface area contributed by atoms with E-state index in [-0.39, 0.29) is 30.1 Å². The van der Waals surface area contributed by atoms with Crippen LogP contribution in [-0.2, 0) is 11.3 Å². The molecule has 1 unspecified atom stereocenters. The summed E-state index contributed by atoms with van der Waals surface area (Å²) in [6.45, 7) is 4.36. The first-order chi connectivity index (χ1) is 13.1. The molecule has 154 valence electrons. The maximum atomic E-state index is 5.90. The Morgan fingerprint density at radius 3 is 2.50 bits per heavy atom. The smallest absolute Gasteiger partial charge is 0.191 e. The summed E-state index contributed by atoms with van der Waals surface area (Å²) < 4.78 is 5.90. The fraction of sp³-hybridized carbons (Fsp3) is 0.409. The Balaban J connectivity index is 0.00000392. The van der Waals surface area contributed by atoms with Crippen molar-refractivity contribution in [2.75, 3.05) is 39.2 Å². The zero-order valence-corrected chi connectivity index (χ0v) is 19.6. The summed E-state index contributed by atoms with van der Waals surface area (Å²) in [6, 6.07) is 18.8. The summed E-state index contributed by atoms with van der Waals surface area (Å²) in [5.41, 5.74) is 3.63. The Bertz CT molecular complexity index is 707. The average molecular weight is 496 g/mol. The molecule has 0 amide bonds. The number of ether oxygens (including phenoxy) is 1. The van der Waals surface area contributed by atoms with Gasteiger partial charge in [0.1, 0.15) is 0 Å². The predicted molar refractivity (Wildman–Crippen MR) is 130 cm³/mol. The van der Waals surface area contributed by atoms with Crippen LogP contribution >= 0.6 is 24.0 Å². The van der Waals surface area contributed by atoms with E-state index < -0.39 is 0 Å². The average Bonchev–Trinajstić information content (AvgIpc) is 2.70. The van der Waals surface area contributed by atoms with Crippen LogP contribution < -0.4 is 15.5 Å². The molecule has 0 radical (unpaired) electrons. The number of aliphatic imine (C=N–C) groups is 1. The first kappa shape index (κ1) is 24.2. The standard InChI is InChI=1S/C22H32N4O.HI/c1-18(20-11-6-5-7-12-20)27-15-9-14-24-22(23-2)25-17-19-10-8-13-21(16-19)26(3)4;/h5-8,10-13,16,18H,9,14-15,17H2,1-4H3,(H2,23,24,25);1H. The fourth-order valence-corrected chi connectivity index (χ4v) is 2.71. The van der Waals surface area contributed by atoms with Crippen LogP contribution in [0.3, 0.4) is 0 Å². The third-order valence-corrected chi connectivity index (χ3v) is 4.36. The molecule has 1 atom stereocenters. The Hall–Kier alpha value is -1.80. The zero-order chi connectivity index (χ0) is 19.5. The van der Waals surface area contributed by atoms with Crippen LogP contribution in [0.15, 0.2) is 59.6 Å². The molecular weight excluding hydrogens is 463 g/mol. The molecule has 2 N–H and O–H groups in total. The van der Waals surface area contributed by atoms with E-state index in [0.29, 0.717) is 6.61 Å². The lowest BCUT2D eigenvalue weighted by Crippen LogP contribution is -2.37. The number of halogens is 1. The molecule has 0 saturated heterocycles. The van der Waals surface area contributed by atoms with Crippen molar-refractivity contribution in [2.24, 2.45) is 4.99 Å². The number of anilines is 1. The van der Waals surface area contributed by atoms with Crippen LogP contribution in [0.1, 0.15) is 30.6 Å². The highest BCUT2D eigenvalue weighted by molar-refractivity contribution is 14.0. The maximum absolute atomic E-state index is 5.90. The van der Waals surface area contributed by atoms with Crippen molar-refractivity contribution in [2.45, 2.75) is 26.0 Å². The third kappa shape index (κ3) is 8.48. The maximum Gasteiger partial charge on any atom is 0.191 e. The third-order valence-electron chi connectivity index (χ3n) is 4.36. The molecule has 2 rings (SSSR count). The second-order valence-corrected chi connectivity index (χ2v) is 6.69. The number of nitrogens with one attached hydrogen (secondary N) is 2. The Labute approximate surface area is 186 Å². The number of nitrogens with zero attached hydrogens (tertiary/aromatic N) is 2. The van der Waals surface area contributed by atoms with Gasteiger partial charge in [-0.3, -0.25) is 4.99 Å². The van der Waals surface area contributed by atoms with Gasteiger partial charge in [0, 0.05) is 46.5 Å². The van der Waals surface area contributed by atoms with E-state index in [2.05, 4.69) is 63.8 Å². The molecule has 0 heterocycles. The van der Waals surface area contributed by atoms with Crippen LogP contribution in [-0.4, -0.2) is 40.3 Å². The normalized spacial score (nSPS) is 12.1. The van der Waals surface area contributed by atoms with Crippen molar-refractivity contribution in [1.82, 2.24) is 10.6 Å². The van der Waals surface area contributed by atoms with E-state index in [0.717, 1.165) is 25.5 Å². The molecule has 2 aromatic carbocycles. The fourth-order valence-electron chi connectivity index (χ4n) is 2.71. The zero-order valence-electron chi connectivity index (χ0n) is 17.3. The van der Waals surface area contributed by atoms with Gasteiger partial charge in [-0.1, -0.05) is 42.5 Å². The SMILES string of the molecule is CN=C(NCCCOC(C)c1ccccc1)NCc1cccc(N(C)C)c1.I. The molecule has 2 aromatic rings. The molecule has 0 bridgehead atoms. The Morgan fingerprint density at radius 2 is 1.82 bits per heavy atom. The van der Waals surface area contributed by atoms with Gasteiger partial charge in [-0.05, 0) is 36.6 Å². The minimum atomic E-state index is 0. The number of guanidine groups is 1. The molecule has 0 aliphatic heterocycles. The largest absolute Gasteiger partial charge is 0.378 e. The molecule has 5 nitrogen and oxygen atoms in total. The molecule has 6 heteroatoms. The van der Waals surface area contributed by atoms with E-state index in [4.69, 9.17) is 4.74 Å². The highest BCUT2D eigenvalue weighted by Crippen LogP contribution is 2.15. The highest BCUT2D eigenvalue weighted by atomic mass is 127. The lowest BCUT2D eigenvalue weighted by Gasteiger charge is -2.16. The van der Waals surface area contributed by atoms with Crippen LogP contribution in [0.4, 0.5) is 5.69 Å². The Morgan fingerprint density at radius 1 is 1.07 bits per heavy atom. The molecule has 0 spiro atoms. The first-order valence-corrected chi connectivity index (χ1v) is 9.47. The summed E-state index contributed by atoms with van der Waals surface area (Å²) in [5, 5.41) is 6.70. The molecule has 0 fully saturated rings. The molecule has 0 saturated carbocycles. The summed E-state index contributed by atoms with van der Waals surface area (Å²) in [7, 11) is 5.89. The minimum absolute atomic E-state index is 0. The lowest BCUT2D eigenvalue weighted by atomic mass is 10.1. The number of hydrogen-bond acceptors (Lipinski definition) is 3. The van der Waals surface area contributed by atoms with Gasteiger partial charge in [-0.25, -0.2) is 0 Å². The van der Waals surface area contributed by atoms with Crippen molar-refractivity contribution in [3.8, 4) is 0 Å². The van der Waals surface area contributed by atoms with Crippen molar-refractivity contribution in [3.63, 3.8) is 0 Å². The second-order valence-electron chi connectivity index (χ2n) is 6.69. The van der Waals surface area contributed by atoms with Crippen LogP contribution in [0, 0.1) is 0 Å². The lowest BCUT2D eigenvalue weighted by molar-refractivity contribution is 0.0646. The van der Waals surface area contributed by atoms with E-state index in [1.54, 1.807) is 7.05 Å². The van der Waals surface area contributed by atoms with Crippen LogP contribution in [0.5, 0.6) is 0 Å². The first-order valence-electron chi connectivity index (χ1n) is 9.47. The highest BCUT2D eigenvalue weighted by Gasteiger charge is 2.05. The Kier molecular flexibility index (Phi) is 11.6. The van der Waals surface area contributed by atoms with Gasteiger partial charge in [0.25, 0.3) is 0 Å². The number of rotatable bonds is 9. The van der Waals surface area contributed by atoms with E-state index in [9.17, 15) is 0 Å². The summed E-state index contributed by atoms with van der Waals surface area (Å²) in [5.74, 6) is 0.807. The molecular formula is C22H33IN4O. The van der Waals surface area contributed by atoms with Crippen molar-refractivity contribution >= 4 is 35.6 Å². The van der Waals surface area contributed by atoms with Gasteiger partial charge < -0.3 is 20.3 Å². The van der Waals surface area contributed by atoms with Gasteiger partial charge >= 0.3 is 0 Å². The monoisotopic (exact) mass is 496 g/mol. The van der Waals surface area contributed by atoms with E-state index in [1.807, 2.05) is 32.3 Å². The van der Waals surface area contributed by atoms with Crippen LogP contribution in [0.2, 0.25) is 0 Å². The summed E-state index contributed by atoms with van der Waals surface area (Å²) in [4.78, 5) is 6.39. The van der Waals surface area contributed by atoms with Gasteiger partial charge in [-0.15, -0.1) is 24.0 Å². The molecule has 0 aromatic heterocycles. The summed E-state index contributed by atoms with van der Waals surface area (Å²) in [6.07, 6.45) is 1.04. The predicted octanol–water partition coefficient (Wildman–Crippen LogP) is 4.20. The minimum Gasteiger partial charge on any atom is -0.378 e. The number of benzene rings is 2. The number of hydrogen-bond donors (Lipinski definition) is 2. The molecule has 28 heavy (non-hydrogen) atoms. The van der Waals surface area contributed by atoms with E-state index >= 15 is 0 Å². The summed E-state index contributed by atoms with van der Waals surface area (Å²) >= 11 is 0.